The molecule has 0 aliphatic heterocycles. The molecule has 1 fully saturated rings. The van der Waals surface area contributed by atoms with E-state index in [0.29, 0.717) is 11.5 Å². The summed E-state index contributed by atoms with van der Waals surface area (Å²) in [6.45, 7) is 4.52. The molecule has 2 N–H and O–H groups in total. The second kappa shape index (κ2) is 4.77. The van der Waals surface area contributed by atoms with Crippen LogP contribution in [0.4, 0.5) is 4.39 Å². The van der Waals surface area contributed by atoms with Gasteiger partial charge in [-0.1, -0.05) is 44.9 Å². The molecule has 1 aliphatic carbocycles. The van der Waals surface area contributed by atoms with Crippen molar-refractivity contribution in [3.05, 3.63) is 35.6 Å². The van der Waals surface area contributed by atoms with Crippen molar-refractivity contribution < 1.29 is 4.39 Å². The second-order valence-electron chi connectivity index (χ2n) is 5.89. The largest absolute Gasteiger partial charge is 0.324 e. The van der Waals surface area contributed by atoms with Crippen LogP contribution in [0, 0.1) is 17.2 Å². The maximum atomic E-state index is 13.8. The summed E-state index contributed by atoms with van der Waals surface area (Å²) in [7, 11) is 0. The molecule has 1 aromatic carbocycles. The first kappa shape index (κ1) is 12.6. The fraction of sp³-hybridized carbons (Fsp3) is 0.600. The third kappa shape index (κ3) is 2.52. The number of rotatable bonds is 2. The molecule has 1 aromatic rings. The first-order chi connectivity index (χ1) is 8.02. The predicted molar refractivity (Wildman–Crippen MR) is 69.1 cm³/mol. The van der Waals surface area contributed by atoms with Crippen LogP contribution >= 0.6 is 0 Å². The standard InChI is InChI=1S/C15H22FN/c1-15(2)10-6-5-8-12(15)14(17)11-7-3-4-9-13(11)16/h3-4,7,9,12,14H,5-6,8,10,17H2,1-2H3. The number of benzene rings is 1. The Labute approximate surface area is 103 Å². The lowest BCUT2D eigenvalue weighted by atomic mass is 9.65. The molecule has 2 heteroatoms. The van der Waals surface area contributed by atoms with Gasteiger partial charge in [0.05, 0.1) is 0 Å². The second-order valence-corrected chi connectivity index (χ2v) is 5.89. The minimum atomic E-state index is -0.175. The maximum Gasteiger partial charge on any atom is 0.127 e. The molecule has 1 nitrogen and oxygen atoms in total. The average molecular weight is 235 g/mol. The summed E-state index contributed by atoms with van der Waals surface area (Å²) in [4.78, 5) is 0. The molecule has 0 heterocycles. The van der Waals surface area contributed by atoms with Crippen molar-refractivity contribution in [2.45, 2.75) is 45.6 Å². The van der Waals surface area contributed by atoms with Gasteiger partial charge in [0.1, 0.15) is 5.82 Å². The number of nitrogens with two attached hydrogens (primary N) is 1. The first-order valence-corrected chi connectivity index (χ1v) is 6.52. The zero-order chi connectivity index (χ0) is 12.5. The number of hydrogen-bond acceptors (Lipinski definition) is 1. The van der Waals surface area contributed by atoms with Crippen LogP contribution < -0.4 is 5.73 Å². The van der Waals surface area contributed by atoms with Gasteiger partial charge >= 0.3 is 0 Å². The van der Waals surface area contributed by atoms with Crippen LogP contribution in [0.3, 0.4) is 0 Å². The summed E-state index contributed by atoms with van der Waals surface area (Å²) in [6.07, 6.45) is 4.80. The fourth-order valence-corrected chi connectivity index (χ4v) is 3.15. The van der Waals surface area contributed by atoms with Gasteiger partial charge in [-0.25, -0.2) is 4.39 Å². The maximum absolute atomic E-state index is 13.8. The normalized spacial score (nSPS) is 25.5. The molecule has 2 rings (SSSR count). The van der Waals surface area contributed by atoms with E-state index in [1.165, 1.54) is 25.3 Å². The van der Waals surface area contributed by atoms with Crippen molar-refractivity contribution in [2.75, 3.05) is 0 Å². The Morgan fingerprint density at radius 3 is 2.65 bits per heavy atom. The quantitative estimate of drug-likeness (QED) is 0.822. The number of halogens is 1. The van der Waals surface area contributed by atoms with Crippen LogP contribution in [0.15, 0.2) is 24.3 Å². The van der Waals surface area contributed by atoms with E-state index in [1.54, 1.807) is 6.07 Å². The topological polar surface area (TPSA) is 26.0 Å². The molecule has 2 unspecified atom stereocenters. The highest BCUT2D eigenvalue weighted by molar-refractivity contribution is 5.22. The van der Waals surface area contributed by atoms with E-state index in [-0.39, 0.29) is 17.3 Å². The molecule has 1 saturated carbocycles. The summed E-state index contributed by atoms with van der Waals surface area (Å²) in [5.74, 6) is 0.217. The molecular formula is C15H22FN. The van der Waals surface area contributed by atoms with E-state index in [2.05, 4.69) is 13.8 Å². The molecule has 2 atom stereocenters. The van der Waals surface area contributed by atoms with Crippen molar-refractivity contribution in [1.82, 2.24) is 0 Å². The van der Waals surface area contributed by atoms with E-state index >= 15 is 0 Å². The fourth-order valence-electron chi connectivity index (χ4n) is 3.15. The van der Waals surface area contributed by atoms with Crippen molar-refractivity contribution >= 4 is 0 Å². The van der Waals surface area contributed by atoms with Crippen molar-refractivity contribution in [3.63, 3.8) is 0 Å². The lowest BCUT2D eigenvalue weighted by Crippen LogP contribution is -2.36. The zero-order valence-corrected chi connectivity index (χ0v) is 10.7. The molecule has 1 aliphatic rings. The van der Waals surface area contributed by atoms with Crippen molar-refractivity contribution in [3.8, 4) is 0 Å². The summed E-state index contributed by atoms with van der Waals surface area (Å²) in [5, 5.41) is 0. The molecule has 94 valence electrons. The lowest BCUT2D eigenvalue weighted by molar-refractivity contribution is 0.111. The Kier molecular flexibility index (Phi) is 3.53. The van der Waals surface area contributed by atoms with Crippen molar-refractivity contribution in [2.24, 2.45) is 17.1 Å². The molecule has 0 spiro atoms. The van der Waals surface area contributed by atoms with Crippen LogP contribution in [0.1, 0.15) is 51.1 Å². The van der Waals surface area contributed by atoms with Gasteiger partial charge in [0.25, 0.3) is 0 Å². The van der Waals surface area contributed by atoms with Gasteiger partial charge in [0.2, 0.25) is 0 Å². The van der Waals surface area contributed by atoms with Crippen LogP contribution in [-0.2, 0) is 0 Å². The first-order valence-electron chi connectivity index (χ1n) is 6.52. The van der Waals surface area contributed by atoms with Crippen LogP contribution in [0.25, 0.3) is 0 Å². The summed E-state index contributed by atoms with van der Waals surface area (Å²) >= 11 is 0. The summed E-state index contributed by atoms with van der Waals surface area (Å²) in [5.41, 5.74) is 7.20. The van der Waals surface area contributed by atoms with Gasteiger partial charge < -0.3 is 5.73 Å². The predicted octanol–water partition coefficient (Wildman–Crippen LogP) is 4.04. The molecule has 0 aromatic heterocycles. The van der Waals surface area contributed by atoms with Gasteiger partial charge in [0, 0.05) is 11.6 Å². The molecule has 0 bridgehead atoms. The highest BCUT2D eigenvalue weighted by Crippen LogP contribution is 2.46. The molecular weight excluding hydrogens is 213 g/mol. The third-order valence-electron chi connectivity index (χ3n) is 4.29. The van der Waals surface area contributed by atoms with Gasteiger partial charge in [-0.15, -0.1) is 0 Å². The van der Waals surface area contributed by atoms with Gasteiger partial charge in [-0.2, -0.15) is 0 Å². The van der Waals surface area contributed by atoms with E-state index in [4.69, 9.17) is 5.73 Å². The number of hydrogen-bond donors (Lipinski definition) is 1. The van der Waals surface area contributed by atoms with Gasteiger partial charge in [-0.05, 0) is 30.2 Å². The van der Waals surface area contributed by atoms with E-state index in [9.17, 15) is 4.39 Å². The van der Waals surface area contributed by atoms with Gasteiger partial charge in [0.15, 0.2) is 0 Å². The van der Waals surface area contributed by atoms with E-state index < -0.39 is 0 Å². The minimum absolute atomic E-state index is 0.165. The highest BCUT2D eigenvalue weighted by Gasteiger charge is 2.37. The van der Waals surface area contributed by atoms with Gasteiger partial charge in [-0.3, -0.25) is 0 Å². The van der Waals surface area contributed by atoms with E-state index in [1.807, 2.05) is 12.1 Å². The van der Waals surface area contributed by atoms with Crippen LogP contribution in [0.5, 0.6) is 0 Å². The summed E-state index contributed by atoms with van der Waals surface area (Å²) < 4.78 is 13.8. The smallest absolute Gasteiger partial charge is 0.127 e. The summed E-state index contributed by atoms with van der Waals surface area (Å²) in [6, 6.07) is 6.74. The molecule has 17 heavy (non-hydrogen) atoms. The molecule has 0 radical (unpaired) electrons. The minimum Gasteiger partial charge on any atom is -0.324 e. The Hall–Kier alpha value is -0.890. The van der Waals surface area contributed by atoms with Crippen molar-refractivity contribution in [1.29, 1.82) is 0 Å². The van der Waals surface area contributed by atoms with Crippen LogP contribution in [0.2, 0.25) is 0 Å². The molecule has 0 amide bonds. The average Bonchev–Trinajstić information content (AvgIpc) is 2.28. The third-order valence-corrected chi connectivity index (χ3v) is 4.29. The Morgan fingerprint density at radius 1 is 1.29 bits per heavy atom. The monoisotopic (exact) mass is 235 g/mol. The SMILES string of the molecule is CC1(C)CCCCC1C(N)c1ccccc1F. The Morgan fingerprint density at radius 2 is 2.00 bits per heavy atom. The highest BCUT2D eigenvalue weighted by atomic mass is 19.1. The molecule has 0 saturated heterocycles. The Bertz CT molecular complexity index is 386. The van der Waals surface area contributed by atoms with E-state index in [0.717, 1.165) is 6.42 Å². The lowest BCUT2D eigenvalue weighted by Gasteiger charge is -2.42. The van der Waals surface area contributed by atoms with Crippen LogP contribution in [-0.4, -0.2) is 0 Å². The Balaban J connectivity index is 2.25. The zero-order valence-electron chi connectivity index (χ0n) is 10.7.